The van der Waals surface area contributed by atoms with Gasteiger partial charge in [-0.1, -0.05) is 12.1 Å². The molecule has 0 saturated carbocycles. The monoisotopic (exact) mass is 248 g/mol. The summed E-state index contributed by atoms with van der Waals surface area (Å²) in [6, 6.07) is 8.96. The molecule has 0 aliphatic carbocycles. The van der Waals surface area contributed by atoms with Crippen LogP contribution in [0.25, 0.3) is 0 Å². The van der Waals surface area contributed by atoms with Gasteiger partial charge in [-0.25, -0.2) is 0 Å². The van der Waals surface area contributed by atoms with Gasteiger partial charge in [0.15, 0.2) is 0 Å². The molecule has 2 aromatic rings. The van der Waals surface area contributed by atoms with Crippen molar-refractivity contribution in [1.82, 2.24) is 5.01 Å². The average Bonchev–Trinajstić information content (AvgIpc) is 2.97. The fraction of sp³-hybridized carbons (Fsp3) is 0.250. The predicted molar refractivity (Wildman–Crippen MR) is 70.3 cm³/mol. The highest BCUT2D eigenvalue weighted by molar-refractivity contribution is 7.12. The summed E-state index contributed by atoms with van der Waals surface area (Å²) < 4.78 is 0. The van der Waals surface area contributed by atoms with Crippen LogP contribution >= 0.6 is 22.7 Å². The zero-order valence-electron chi connectivity index (χ0n) is 8.96. The molecule has 0 amide bonds. The minimum atomic E-state index is 0.428. The van der Waals surface area contributed by atoms with Crippen molar-refractivity contribution < 1.29 is 0 Å². The Labute approximate surface area is 103 Å². The van der Waals surface area contributed by atoms with Gasteiger partial charge in [0.25, 0.3) is 0 Å². The lowest BCUT2D eigenvalue weighted by Gasteiger charge is -2.16. The molecule has 0 bridgehead atoms. The van der Waals surface area contributed by atoms with E-state index in [-0.39, 0.29) is 0 Å². The summed E-state index contributed by atoms with van der Waals surface area (Å²) in [6.07, 6.45) is 1.03. The predicted octanol–water partition coefficient (Wildman–Crippen LogP) is 3.59. The van der Waals surface area contributed by atoms with Crippen LogP contribution in [0.15, 0.2) is 40.1 Å². The molecule has 1 aliphatic rings. The summed E-state index contributed by atoms with van der Waals surface area (Å²) in [5.74, 6) is 0. The molecule has 0 aromatic carbocycles. The molecule has 2 aromatic heterocycles. The van der Waals surface area contributed by atoms with E-state index in [9.17, 15) is 0 Å². The summed E-state index contributed by atoms with van der Waals surface area (Å²) in [7, 11) is 2.06. The van der Waals surface area contributed by atoms with Gasteiger partial charge in [0.1, 0.15) is 0 Å². The largest absolute Gasteiger partial charge is 0.291 e. The van der Waals surface area contributed by atoms with Crippen LogP contribution in [-0.2, 0) is 0 Å². The van der Waals surface area contributed by atoms with E-state index < -0.39 is 0 Å². The first-order chi connectivity index (χ1) is 7.84. The fourth-order valence-corrected chi connectivity index (χ4v) is 3.56. The smallest absolute Gasteiger partial charge is 0.0865 e. The molecule has 4 heteroatoms. The quantitative estimate of drug-likeness (QED) is 0.793. The molecule has 0 fully saturated rings. The highest BCUT2D eigenvalue weighted by Crippen LogP contribution is 2.34. The van der Waals surface area contributed by atoms with Gasteiger partial charge in [-0.3, -0.25) is 5.01 Å². The van der Waals surface area contributed by atoms with Crippen LogP contribution in [0.5, 0.6) is 0 Å². The van der Waals surface area contributed by atoms with E-state index in [0.29, 0.717) is 6.04 Å². The first-order valence-electron chi connectivity index (χ1n) is 5.22. The Balaban J connectivity index is 1.85. The molecular formula is C12H12N2S2. The summed E-state index contributed by atoms with van der Waals surface area (Å²) in [5, 5.41) is 11.0. The fourth-order valence-electron chi connectivity index (χ4n) is 1.97. The number of hydrazone groups is 1. The van der Waals surface area contributed by atoms with Crippen LogP contribution in [0.1, 0.15) is 22.2 Å². The molecule has 1 unspecified atom stereocenters. The minimum Gasteiger partial charge on any atom is -0.291 e. The Morgan fingerprint density at radius 3 is 2.75 bits per heavy atom. The Hall–Kier alpha value is -1.13. The van der Waals surface area contributed by atoms with E-state index >= 15 is 0 Å². The molecule has 2 nitrogen and oxygen atoms in total. The van der Waals surface area contributed by atoms with Crippen molar-refractivity contribution in [3.63, 3.8) is 0 Å². The lowest BCUT2D eigenvalue weighted by Crippen LogP contribution is -2.12. The third kappa shape index (κ3) is 1.68. The van der Waals surface area contributed by atoms with Crippen LogP contribution in [0, 0.1) is 0 Å². The van der Waals surface area contributed by atoms with E-state index in [1.54, 1.807) is 11.3 Å². The third-order valence-electron chi connectivity index (χ3n) is 2.79. The summed E-state index contributed by atoms with van der Waals surface area (Å²) in [4.78, 5) is 2.70. The number of hydrogen-bond acceptors (Lipinski definition) is 4. The topological polar surface area (TPSA) is 15.6 Å². The van der Waals surface area contributed by atoms with Crippen molar-refractivity contribution in [2.75, 3.05) is 7.05 Å². The van der Waals surface area contributed by atoms with E-state index in [1.807, 2.05) is 11.3 Å². The van der Waals surface area contributed by atoms with Crippen molar-refractivity contribution in [2.24, 2.45) is 5.10 Å². The van der Waals surface area contributed by atoms with Crippen LogP contribution in [0.4, 0.5) is 0 Å². The molecule has 0 spiro atoms. The summed E-state index contributed by atoms with van der Waals surface area (Å²) >= 11 is 3.58. The van der Waals surface area contributed by atoms with E-state index in [1.165, 1.54) is 15.5 Å². The van der Waals surface area contributed by atoms with Gasteiger partial charge in [-0.15, -0.1) is 22.7 Å². The molecule has 0 saturated heterocycles. The van der Waals surface area contributed by atoms with Crippen molar-refractivity contribution >= 4 is 28.4 Å². The lowest BCUT2D eigenvalue weighted by molar-refractivity contribution is 0.294. The summed E-state index contributed by atoms with van der Waals surface area (Å²) in [5.41, 5.74) is 1.22. The first-order valence-corrected chi connectivity index (χ1v) is 6.98. The maximum Gasteiger partial charge on any atom is 0.0865 e. The molecule has 16 heavy (non-hydrogen) atoms. The van der Waals surface area contributed by atoms with Crippen LogP contribution < -0.4 is 0 Å². The third-order valence-corrected chi connectivity index (χ3v) is 4.69. The maximum absolute atomic E-state index is 4.64. The Bertz CT molecular complexity index is 485. The second-order valence-electron chi connectivity index (χ2n) is 3.83. The highest BCUT2D eigenvalue weighted by Gasteiger charge is 2.26. The highest BCUT2D eigenvalue weighted by atomic mass is 32.1. The second kappa shape index (κ2) is 4.03. The normalized spacial score (nSPS) is 20.2. The first kappa shape index (κ1) is 10.1. The van der Waals surface area contributed by atoms with E-state index in [2.05, 4.69) is 52.2 Å². The second-order valence-corrected chi connectivity index (χ2v) is 5.76. The lowest BCUT2D eigenvalue weighted by atomic mass is 10.1. The molecule has 82 valence electrons. The molecule has 0 N–H and O–H groups in total. The Morgan fingerprint density at radius 2 is 2.06 bits per heavy atom. The van der Waals surface area contributed by atoms with Gasteiger partial charge in [-0.05, 0) is 22.9 Å². The van der Waals surface area contributed by atoms with Gasteiger partial charge in [-0.2, -0.15) is 5.10 Å². The SMILES string of the molecule is CN1N=C(c2cccs2)CC1c1cccs1. The Morgan fingerprint density at radius 1 is 1.25 bits per heavy atom. The molecule has 3 heterocycles. The van der Waals surface area contributed by atoms with Gasteiger partial charge in [0.05, 0.1) is 16.6 Å². The van der Waals surface area contributed by atoms with Gasteiger partial charge in [0.2, 0.25) is 0 Å². The van der Waals surface area contributed by atoms with Crippen molar-refractivity contribution in [2.45, 2.75) is 12.5 Å². The standard InChI is InChI=1S/C12H12N2S2/c1-14-10(12-5-3-7-16-12)8-9(13-14)11-4-2-6-15-11/h2-7,10H,8H2,1H3. The van der Waals surface area contributed by atoms with E-state index in [0.717, 1.165) is 6.42 Å². The molecule has 0 radical (unpaired) electrons. The van der Waals surface area contributed by atoms with Crippen LogP contribution in [0.3, 0.4) is 0 Å². The number of hydrogen-bond donors (Lipinski definition) is 0. The number of nitrogens with zero attached hydrogens (tertiary/aromatic N) is 2. The van der Waals surface area contributed by atoms with Crippen molar-refractivity contribution in [3.8, 4) is 0 Å². The van der Waals surface area contributed by atoms with Gasteiger partial charge in [0, 0.05) is 18.3 Å². The van der Waals surface area contributed by atoms with Gasteiger partial charge < -0.3 is 0 Å². The zero-order chi connectivity index (χ0) is 11.0. The zero-order valence-corrected chi connectivity index (χ0v) is 10.6. The Kier molecular flexibility index (Phi) is 2.53. The number of thiophene rings is 2. The van der Waals surface area contributed by atoms with Crippen LogP contribution in [0.2, 0.25) is 0 Å². The molecule has 1 aliphatic heterocycles. The van der Waals surface area contributed by atoms with Gasteiger partial charge >= 0.3 is 0 Å². The molecular weight excluding hydrogens is 236 g/mol. The minimum absolute atomic E-state index is 0.428. The van der Waals surface area contributed by atoms with Crippen LogP contribution in [-0.4, -0.2) is 17.8 Å². The molecule has 3 rings (SSSR count). The maximum atomic E-state index is 4.64. The van der Waals surface area contributed by atoms with Crippen molar-refractivity contribution in [1.29, 1.82) is 0 Å². The number of rotatable bonds is 2. The summed E-state index contributed by atoms with van der Waals surface area (Å²) in [6.45, 7) is 0. The van der Waals surface area contributed by atoms with Crippen molar-refractivity contribution in [3.05, 3.63) is 44.8 Å². The average molecular weight is 248 g/mol. The van der Waals surface area contributed by atoms with E-state index in [4.69, 9.17) is 0 Å². The molecule has 1 atom stereocenters.